The van der Waals surface area contributed by atoms with Crippen molar-refractivity contribution in [2.75, 3.05) is 18.4 Å². The molecule has 3 aromatic heterocycles. The molecule has 6 nitrogen and oxygen atoms in total. The summed E-state index contributed by atoms with van der Waals surface area (Å²) in [5.41, 5.74) is 1.58. The van der Waals surface area contributed by atoms with Gasteiger partial charge in [0.25, 0.3) is 0 Å². The number of aromatic nitrogens is 4. The molecule has 7 heteroatoms. The van der Waals surface area contributed by atoms with Crippen LogP contribution >= 0.6 is 0 Å². The summed E-state index contributed by atoms with van der Waals surface area (Å²) in [7, 11) is 0. The van der Waals surface area contributed by atoms with E-state index in [-0.39, 0.29) is 5.82 Å². The van der Waals surface area contributed by atoms with Gasteiger partial charge >= 0.3 is 0 Å². The van der Waals surface area contributed by atoms with Crippen molar-refractivity contribution in [3.05, 3.63) is 36.5 Å². The Hall–Kier alpha value is -2.54. The van der Waals surface area contributed by atoms with Gasteiger partial charge in [-0.15, -0.1) is 0 Å². The van der Waals surface area contributed by atoms with E-state index < -0.39 is 5.82 Å². The van der Waals surface area contributed by atoms with E-state index in [1.54, 1.807) is 12.4 Å². The Bertz CT molecular complexity index is 824. The van der Waals surface area contributed by atoms with Gasteiger partial charge in [-0.2, -0.15) is 0 Å². The molecule has 4 rings (SSSR count). The Balaban J connectivity index is 1.63. The Morgan fingerprint density at radius 3 is 3.17 bits per heavy atom. The molecule has 0 bridgehead atoms. The van der Waals surface area contributed by atoms with E-state index in [9.17, 15) is 4.39 Å². The molecular weight excluding hydrogens is 295 g/mol. The fraction of sp³-hybridized carbons (Fsp3) is 0.312. The summed E-state index contributed by atoms with van der Waals surface area (Å²) in [4.78, 5) is 15.8. The molecule has 0 radical (unpaired) electrons. The van der Waals surface area contributed by atoms with Crippen molar-refractivity contribution < 1.29 is 4.39 Å². The summed E-state index contributed by atoms with van der Waals surface area (Å²) in [5.74, 6) is 0.277. The van der Waals surface area contributed by atoms with Crippen molar-refractivity contribution in [1.29, 1.82) is 0 Å². The molecule has 0 amide bonds. The van der Waals surface area contributed by atoms with Crippen LogP contribution in [-0.2, 0) is 0 Å². The van der Waals surface area contributed by atoms with E-state index in [0.29, 0.717) is 18.4 Å². The van der Waals surface area contributed by atoms with Gasteiger partial charge in [-0.1, -0.05) is 0 Å². The van der Waals surface area contributed by atoms with Crippen LogP contribution in [0.2, 0.25) is 0 Å². The van der Waals surface area contributed by atoms with Gasteiger partial charge in [0.15, 0.2) is 17.5 Å². The molecule has 0 aliphatic carbocycles. The van der Waals surface area contributed by atoms with Gasteiger partial charge in [-0.05, 0) is 31.5 Å². The zero-order valence-corrected chi connectivity index (χ0v) is 12.5. The van der Waals surface area contributed by atoms with Crippen LogP contribution in [0.5, 0.6) is 0 Å². The fourth-order valence-corrected chi connectivity index (χ4v) is 2.91. The first kappa shape index (κ1) is 14.1. The molecule has 1 fully saturated rings. The van der Waals surface area contributed by atoms with Crippen LogP contribution in [0.3, 0.4) is 0 Å². The van der Waals surface area contributed by atoms with Crippen molar-refractivity contribution in [3.63, 3.8) is 0 Å². The standard InChI is InChI=1S/C16H17FN6/c17-13-9-22-15(12-8-21-14-11(12)4-2-6-19-14)23-16(13)20-7-10-3-1-5-18-10/h2,4,6,8-10,18H,1,3,5,7H2,(H,19,21)(H,20,22,23)/t10-/m1/s1. The van der Waals surface area contributed by atoms with Crippen molar-refractivity contribution >= 4 is 16.9 Å². The van der Waals surface area contributed by atoms with Crippen molar-refractivity contribution in [2.24, 2.45) is 0 Å². The number of nitrogens with zero attached hydrogens (tertiary/aromatic N) is 3. The lowest BCUT2D eigenvalue weighted by atomic mass is 10.2. The average Bonchev–Trinajstić information content (AvgIpc) is 3.23. The fourth-order valence-electron chi connectivity index (χ4n) is 2.91. The normalized spacial score (nSPS) is 17.7. The maximum absolute atomic E-state index is 14.0. The van der Waals surface area contributed by atoms with Crippen molar-refractivity contribution in [1.82, 2.24) is 25.3 Å². The van der Waals surface area contributed by atoms with Gasteiger partial charge < -0.3 is 15.6 Å². The third kappa shape index (κ3) is 2.75. The van der Waals surface area contributed by atoms with Gasteiger partial charge in [0, 0.05) is 35.9 Å². The molecule has 23 heavy (non-hydrogen) atoms. The highest BCUT2D eigenvalue weighted by Crippen LogP contribution is 2.26. The molecule has 0 unspecified atom stereocenters. The quantitative estimate of drug-likeness (QED) is 0.689. The van der Waals surface area contributed by atoms with Crippen LogP contribution in [0.25, 0.3) is 22.4 Å². The SMILES string of the molecule is Fc1cnc(-c2c[nH]c3ncccc23)nc1NC[C@H]1CCCN1. The Morgan fingerprint density at radius 1 is 1.35 bits per heavy atom. The lowest BCUT2D eigenvalue weighted by Gasteiger charge is -2.12. The van der Waals surface area contributed by atoms with E-state index >= 15 is 0 Å². The molecule has 0 saturated carbocycles. The van der Waals surface area contributed by atoms with Crippen LogP contribution in [0.4, 0.5) is 10.2 Å². The number of pyridine rings is 1. The third-order valence-electron chi connectivity index (χ3n) is 4.11. The number of H-pyrrole nitrogens is 1. The van der Waals surface area contributed by atoms with Crippen LogP contribution < -0.4 is 10.6 Å². The summed E-state index contributed by atoms with van der Waals surface area (Å²) in [6.07, 6.45) is 6.98. The molecule has 4 heterocycles. The first-order valence-corrected chi connectivity index (χ1v) is 7.73. The Kier molecular flexibility index (Phi) is 3.63. The minimum absolute atomic E-state index is 0.238. The predicted molar refractivity (Wildman–Crippen MR) is 86.6 cm³/mol. The summed E-state index contributed by atoms with van der Waals surface area (Å²) < 4.78 is 14.0. The maximum atomic E-state index is 14.0. The number of hydrogen-bond donors (Lipinski definition) is 3. The molecule has 0 spiro atoms. The lowest BCUT2D eigenvalue weighted by molar-refractivity contribution is 0.603. The smallest absolute Gasteiger partial charge is 0.183 e. The highest BCUT2D eigenvalue weighted by molar-refractivity contribution is 5.91. The van der Waals surface area contributed by atoms with Crippen LogP contribution in [-0.4, -0.2) is 39.1 Å². The molecular formula is C16H17FN6. The third-order valence-corrected chi connectivity index (χ3v) is 4.11. The van der Waals surface area contributed by atoms with Gasteiger partial charge in [0.05, 0.1) is 6.20 Å². The summed E-state index contributed by atoms with van der Waals surface area (Å²) >= 11 is 0. The summed E-state index contributed by atoms with van der Waals surface area (Å²) in [5, 5.41) is 7.38. The zero-order valence-electron chi connectivity index (χ0n) is 12.5. The van der Waals surface area contributed by atoms with Crippen LogP contribution in [0.15, 0.2) is 30.7 Å². The monoisotopic (exact) mass is 312 g/mol. The van der Waals surface area contributed by atoms with E-state index in [1.807, 2.05) is 12.1 Å². The number of fused-ring (bicyclic) bond motifs is 1. The highest BCUT2D eigenvalue weighted by atomic mass is 19.1. The lowest BCUT2D eigenvalue weighted by Crippen LogP contribution is -2.29. The second-order valence-electron chi connectivity index (χ2n) is 5.67. The molecule has 1 saturated heterocycles. The van der Waals surface area contributed by atoms with Gasteiger partial charge in [0.1, 0.15) is 5.65 Å². The average molecular weight is 312 g/mol. The molecule has 3 aromatic rings. The van der Waals surface area contributed by atoms with Crippen molar-refractivity contribution in [3.8, 4) is 11.4 Å². The Morgan fingerprint density at radius 2 is 2.30 bits per heavy atom. The van der Waals surface area contributed by atoms with E-state index in [4.69, 9.17) is 0 Å². The molecule has 118 valence electrons. The number of anilines is 1. The van der Waals surface area contributed by atoms with E-state index in [1.165, 1.54) is 6.20 Å². The highest BCUT2D eigenvalue weighted by Gasteiger charge is 2.16. The number of rotatable bonds is 4. The molecule has 0 aromatic carbocycles. The largest absolute Gasteiger partial charge is 0.366 e. The number of hydrogen-bond acceptors (Lipinski definition) is 5. The number of nitrogens with one attached hydrogen (secondary N) is 3. The van der Waals surface area contributed by atoms with E-state index in [2.05, 4.69) is 30.6 Å². The second-order valence-corrected chi connectivity index (χ2v) is 5.67. The van der Waals surface area contributed by atoms with Crippen molar-refractivity contribution in [2.45, 2.75) is 18.9 Å². The minimum Gasteiger partial charge on any atom is -0.366 e. The topological polar surface area (TPSA) is 78.5 Å². The summed E-state index contributed by atoms with van der Waals surface area (Å²) in [6.45, 7) is 1.68. The first-order chi connectivity index (χ1) is 11.3. The number of aromatic amines is 1. The maximum Gasteiger partial charge on any atom is 0.183 e. The van der Waals surface area contributed by atoms with Crippen LogP contribution in [0, 0.1) is 5.82 Å². The van der Waals surface area contributed by atoms with Gasteiger partial charge in [-0.25, -0.2) is 19.3 Å². The minimum atomic E-state index is -0.440. The Labute approximate surface area is 132 Å². The molecule has 1 atom stereocenters. The van der Waals surface area contributed by atoms with Gasteiger partial charge in [0.2, 0.25) is 0 Å². The van der Waals surface area contributed by atoms with E-state index in [0.717, 1.165) is 36.0 Å². The summed E-state index contributed by atoms with van der Waals surface area (Å²) in [6, 6.07) is 4.16. The first-order valence-electron chi connectivity index (χ1n) is 7.73. The molecule has 1 aliphatic heterocycles. The second kappa shape index (κ2) is 5.92. The van der Waals surface area contributed by atoms with Crippen LogP contribution in [0.1, 0.15) is 12.8 Å². The molecule has 1 aliphatic rings. The molecule has 3 N–H and O–H groups in total. The predicted octanol–water partition coefficient (Wildman–Crippen LogP) is 2.32. The van der Waals surface area contributed by atoms with Gasteiger partial charge in [-0.3, -0.25) is 0 Å². The number of halogens is 1. The zero-order chi connectivity index (χ0) is 15.6.